The number of hydrogen-bond donors (Lipinski definition) is 0. The fourth-order valence-electron chi connectivity index (χ4n) is 0.969. The highest BCUT2D eigenvalue weighted by Crippen LogP contribution is 2.13. The summed E-state index contributed by atoms with van der Waals surface area (Å²) in [5.74, 6) is 0. The van der Waals surface area contributed by atoms with E-state index in [-0.39, 0.29) is 0 Å². The molecule has 0 aromatic heterocycles. The number of rotatable bonds is 0. The van der Waals surface area contributed by atoms with Crippen LogP contribution in [0.15, 0.2) is 0 Å². The molecule has 1 aliphatic rings. The number of nitrogens with zero attached hydrogens (tertiary/aromatic N) is 1. The van der Waals surface area contributed by atoms with Gasteiger partial charge in [0.1, 0.15) is 0 Å². The third-order valence-electron chi connectivity index (χ3n) is 1.43. The van der Waals surface area contributed by atoms with Crippen molar-refractivity contribution in [2.75, 3.05) is 20.1 Å². The van der Waals surface area contributed by atoms with Crippen LogP contribution in [0.4, 0.5) is 0 Å². The molecule has 0 radical (unpaired) electrons. The molecule has 0 aromatic rings. The molecule has 56 valence electrons. The maximum Gasteiger partial charge on any atom is 0.00417 e. The van der Waals surface area contributed by atoms with Gasteiger partial charge in [0.05, 0.1) is 0 Å². The molecule has 0 amide bonds. The fraction of sp³-hybridized carbons (Fsp3) is 1.00. The molecule has 0 N–H and O–H groups in total. The van der Waals surface area contributed by atoms with Gasteiger partial charge in [-0.25, -0.2) is 0 Å². The van der Waals surface area contributed by atoms with Gasteiger partial charge in [-0.3, -0.25) is 0 Å². The third-order valence-corrected chi connectivity index (χ3v) is 1.97. The van der Waals surface area contributed by atoms with E-state index in [4.69, 9.17) is 0 Å². The van der Waals surface area contributed by atoms with Gasteiger partial charge in [-0.15, -0.1) is 9.24 Å². The number of likely N-dealkylation sites (tertiary alicyclic amines) is 1. The summed E-state index contributed by atoms with van der Waals surface area (Å²) in [6.45, 7) is 6.55. The zero-order chi connectivity index (χ0) is 7.28. The van der Waals surface area contributed by atoms with Gasteiger partial charge in [0.2, 0.25) is 0 Å². The Morgan fingerprint density at radius 1 is 1.44 bits per heavy atom. The molecular weight excluding hydrogens is 129 g/mol. The number of hydrogen-bond acceptors (Lipinski definition) is 1. The molecule has 1 aliphatic heterocycles. The highest BCUT2D eigenvalue weighted by atomic mass is 31.0. The Labute approximate surface area is 61.0 Å². The maximum atomic E-state index is 2.85. The van der Waals surface area contributed by atoms with Gasteiger partial charge in [-0.2, -0.15) is 0 Å². The monoisotopic (exact) mass is 147 g/mol. The molecule has 0 bridgehead atoms. The molecule has 2 atom stereocenters. The van der Waals surface area contributed by atoms with E-state index in [1.54, 1.807) is 0 Å². The normalized spacial score (nSPS) is 27.3. The van der Waals surface area contributed by atoms with E-state index >= 15 is 0 Å². The summed E-state index contributed by atoms with van der Waals surface area (Å²) < 4.78 is 0. The summed E-state index contributed by atoms with van der Waals surface area (Å²) in [6, 6.07) is 0. The van der Waals surface area contributed by atoms with Crippen molar-refractivity contribution >= 4 is 9.24 Å². The Kier molecular flexibility index (Phi) is 5.42. The van der Waals surface area contributed by atoms with E-state index in [9.17, 15) is 0 Å². The minimum atomic E-state index is 0.866. The summed E-state index contributed by atoms with van der Waals surface area (Å²) in [5, 5.41) is 0. The highest BCUT2D eigenvalue weighted by molar-refractivity contribution is 7.17. The second kappa shape index (κ2) is 5.20. The highest BCUT2D eigenvalue weighted by Gasteiger charge is 2.13. The molecule has 0 aliphatic carbocycles. The Morgan fingerprint density at radius 2 is 2.00 bits per heavy atom. The average molecular weight is 147 g/mol. The maximum absolute atomic E-state index is 2.85. The van der Waals surface area contributed by atoms with Gasteiger partial charge >= 0.3 is 0 Å². The molecule has 1 heterocycles. The van der Waals surface area contributed by atoms with Crippen molar-refractivity contribution in [2.45, 2.75) is 25.9 Å². The summed E-state index contributed by atoms with van der Waals surface area (Å²) in [7, 11) is 5.03. The first-order chi connectivity index (χ1) is 4.29. The predicted octanol–water partition coefficient (Wildman–Crippen LogP) is 1.59. The first kappa shape index (κ1) is 9.39. The lowest BCUT2D eigenvalue weighted by atomic mass is 10.4. The lowest BCUT2D eigenvalue weighted by Gasteiger charge is -2.03. The van der Waals surface area contributed by atoms with Crippen LogP contribution in [-0.2, 0) is 0 Å². The zero-order valence-corrected chi connectivity index (χ0v) is 7.88. The van der Waals surface area contributed by atoms with Crippen LogP contribution in [0.3, 0.4) is 0 Å². The standard InChI is InChI=1S/C5H12NP.C2H6/c1-6-3-2-5(7)4-6;1-2/h5H,2-4,7H2,1H3;1-2H3. The van der Waals surface area contributed by atoms with Crippen LogP contribution >= 0.6 is 9.24 Å². The van der Waals surface area contributed by atoms with Crippen LogP contribution in [0.25, 0.3) is 0 Å². The van der Waals surface area contributed by atoms with Gasteiger partial charge in [0.25, 0.3) is 0 Å². The molecular formula is C7H18NP. The van der Waals surface area contributed by atoms with E-state index in [0.717, 1.165) is 5.66 Å². The predicted molar refractivity (Wildman–Crippen MR) is 47.0 cm³/mol. The van der Waals surface area contributed by atoms with Crippen LogP contribution in [0, 0.1) is 0 Å². The van der Waals surface area contributed by atoms with Gasteiger partial charge in [-0.1, -0.05) is 13.8 Å². The van der Waals surface area contributed by atoms with E-state index in [1.165, 1.54) is 19.5 Å². The van der Waals surface area contributed by atoms with Gasteiger partial charge in [0, 0.05) is 6.54 Å². The molecule has 1 saturated heterocycles. The van der Waals surface area contributed by atoms with E-state index in [0.29, 0.717) is 0 Å². The molecule has 1 nitrogen and oxygen atoms in total. The molecule has 2 heteroatoms. The second-order valence-electron chi connectivity index (χ2n) is 2.31. The lowest BCUT2D eigenvalue weighted by Crippen LogP contribution is -2.13. The second-order valence-corrected chi connectivity index (χ2v) is 3.25. The van der Waals surface area contributed by atoms with Gasteiger partial charge in [-0.05, 0) is 25.7 Å². The van der Waals surface area contributed by atoms with Crippen LogP contribution in [0.2, 0.25) is 0 Å². The van der Waals surface area contributed by atoms with E-state index < -0.39 is 0 Å². The van der Waals surface area contributed by atoms with Crippen molar-refractivity contribution in [3.05, 3.63) is 0 Å². The summed E-state index contributed by atoms with van der Waals surface area (Å²) >= 11 is 0. The smallest absolute Gasteiger partial charge is 0.00417 e. The Hall–Kier alpha value is 0.390. The summed E-state index contributed by atoms with van der Waals surface area (Å²) in [6.07, 6.45) is 1.36. The Morgan fingerprint density at radius 3 is 2.11 bits per heavy atom. The average Bonchev–Trinajstić information content (AvgIpc) is 2.20. The van der Waals surface area contributed by atoms with Crippen LogP contribution in [0.5, 0.6) is 0 Å². The van der Waals surface area contributed by atoms with Crippen LogP contribution in [0.1, 0.15) is 20.3 Å². The minimum Gasteiger partial charge on any atom is -0.306 e. The van der Waals surface area contributed by atoms with Crippen molar-refractivity contribution in [3.63, 3.8) is 0 Å². The van der Waals surface area contributed by atoms with Crippen molar-refractivity contribution in [1.82, 2.24) is 4.90 Å². The molecule has 1 fully saturated rings. The van der Waals surface area contributed by atoms with Crippen molar-refractivity contribution in [1.29, 1.82) is 0 Å². The lowest BCUT2D eigenvalue weighted by molar-refractivity contribution is 0.419. The van der Waals surface area contributed by atoms with Crippen molar-refractivity contribution in [3.8, 4) is 0 Å². The minimum absolute atomic E-state index is 0.866. The van der Waals surface area contributed by atoms with Gasteiger partial charge in [0.15, 0.2) is 0 Å². The zero-order valence-electron chi connectivity index (χ0n) is 6.72. The largest absolute Gasteiger partial charge is 0.306 e. The summed E-state index contributed by atoms with van der Waals surface area (Å²) in [5.41, 5.74) is 0.866. The third kappa shape index (κ3) is 3.89. The molecule has 0 saturated carbocycles. The Balaban J connectivity index is 0.000000291. The first-order valence-corrected chi connectivity index (χ1v) is 4.40. The quantitative estimate of drug-likeness (QED) is 0.470. The van der Waals surface area contributed by atoms with E-state index in [2.05, 4.69) is 21.2 Å². The molecule has 0 spiro atoms. The van der Waals surface area contributed by atoms with Crippen LogP contribution < -0.4 is 0 Å². The SMILES string of the molecule is CC.CN1CCC(P)C1. The molecule has 0 aromatic carbocycles. The molecule has 2 unspecified atom stereocenters. The summed E-state index contributed by atoms with van der Waals surface area (Å²) in [4.78, 5) is 2.36. The van der Waals surface area contributed by atoms with Crippen molar-refractivity contribution < 1.29 is 0 Å². The van der Waals surface area contributed by atoms with Crippen LogP contribution in [-0.4, -0.2) is 30.7 Å². The Bertz CT molecular complexity index is 57.9. The molecule has 1 rings (SSSR count). The molecule has 9 heavy (non-hydrogen) atoms. The fourth-order valence-corrected chi connectivity index (χ4v) is 1.48. The van der Waals surface area contributed by atoms with Crippen molar-refractivity contribution in [2.24, 2.45) is 0 Å². The first-order valence-electron chi connectivity index (χ1n) is 3.73. The topological polar surface area (TPSA) is 3.24 Å². The van der Waals surface area contributed by atoms with E-state index in [1.807, 2.05) is 13.8 Å². The van der Waals surface area contributed by atoms with Gasteiger partial charge < -0.3 is 4.90 Å².